The van der Waals surface area contributed by atoms with E-state index in [9.17, 15) is 13.6 Å². The first-order valence-corrected chi connectivity index (χ1v) is 4.15. The normalized spacial score (nSPS) is 9.93. The molecule has 0 radical (unpaired) electrons. The number of halogens is 2. The quantitative estimate of drug-likeness (QED) is 0.702. The minimum Gasteiger partial charge on any atom is -0.404 e. The molecule has 0 aromatic carbocycles. The molecule has 1 rings (SSSR count). The van der Waals surface area contributed by atoms with Crippen LogP contribution in [-0.4, -0.2) is 11.0 Å². The number of carbonyl (C=O) groups is 1. The standard InChI is InChI=1S/C9H9F2NO2/c1-2-3-7(13)14-9-8(11)6(10)4-5-12-9/h4-5H,2-3H2,1H3. The maximum Gasteiger partial charge on any atom is 0.312 e. The zero-order valence-corrected chi connectivity index (χ0v) is 7.59. The summed E-state index contributed by atoms with van der Waals surface area (Å²) >= 11 is 0. The van der Waals surface area contributed by atoms with Gasteiger partial charge in [-0.25, -0.2) is 9.37 Å². The van der Waals surface area contributed by atoms with Gasteiger partial charge in [0.15, 0.2) is 5.82 Å². The second kappa shape index (κ2) is 4.64. The van der Waals surface area contributed by atoms with Crippen molar-refractivity contribution in [2.45, 2.75) is 19.8 Å². The van der Waals surface area contributed by atoms with Crippen molar-refractivity contribution in [3.8, 4) is 5.88 Å². The van der Waals surface area contributed by atoms with Gasteiger partial charge in [-0.1, -0.05) is 6.92 Å². The Balaban J connectivity index is 2.76. The number of ether oxygens (including phenoxy) is 1. The summed E-state index contributed by atoms with van der Waals surface area (Å²) in [7, 11) is 0. The van der Waals surface area contributed by atoms with E-state index in [4.69, 9.17) is 0 Å². The molecule has 0 unspecified atom stereocenters. The zero-order chi connectivity index (χ0) is 10.6. The Morgan fingerprint density at radius 2 is 2.29 bits per heavy atom. The first kappa shape index (κ1) is 10.6. The molecule has 5 heteroatoms. The van der Waals surface area contributed by atoms with Crippen LogP contribution in [0, 0.1) is 11.6 Å². The van der Waals surface area contributed by atoms with Gasteiger partial charge in [0.1, 0.15) is 0 Å². The van der Waals surface area contributed by atoms with Crippen LogP contribution in [-0.2, 0) is 4.79 Å². The molecule has 1 aromatic heterocycles. The highest BCUT2D eigenvalue weighted by Gasteiger charge is 2.13. The van der Waals surface area contributed by atoms with Gasteiger partial charge in [0, 0.05) is 12.6 Å². The fourth-order valence-corrected chi connectivity index (χ4v) is 0.837. The van der Waals surface area contributed by atoms with E-state index >= 15 is 0 Å². The maximum absolute atomic E-state index is 12.9. The van der Waals surface area contributed by atoms with Crippen LogP contribution in [0.2, 0.25) is 0 Å². The zero-order valence-electron chi connectivity index (χ0n) is 7.59. The SMILES string of the molecule is CCCC(=O)Oc1nccc(F)c1F. The van der Waals surface area contributed by atoms with E-state index in [0.29, 0.717) is 6.42 Å². The van der Waals surface area contributed by atoms with Crippen LogP contribution in [0.3, 0.4) is 0 Å². The largest absolute Gasteiger partial charge is 0.404 e. The summed E-state index contributed by atoms with van der Waals surface area (Å²) < 4.78 is 30.0. The molecular formula is C9H9F2NO2. The van der Waals surface area contributed by atoms with Crippen LogP contribution < -0.4 is 4.74 Å². The first-order valence-electron chi connectivity index (χ1n) is 4.15. The van der Waals surface area contributed by atoms with E-state index in [2.05, 4.69) is 9.72 Å². The van der Waals surface area contributed by atoms with Crippen molar-refractivity contribution in [2.75, 3.05) is 0 Å². The lowest BCUT2D eigenvalue weighted by atomic mass is 10.3. The topological polar surface area (TPSA) is 39.2 Å². The maximum atomic E-state index is 12.9. The number of hydrogen-bond acceptors (Lipinski definition) is 3. The molecule has 0 bridgehead atoms. The molecule has 1 aromatic rings. The van der Waals surface area contributed by atoms with Crippen LogP contribution in [0.5, 0.6) is 5.88 Å². The van der Waals surface area contributed by atoms with Crippen LogP contribution >= 0.6 is 0 Å². The van der Waals surface area contributed by atoms with Crippen LogP contribution in [0.4, 0.5) is 8.78 Å². The highest BCUT2D eigenvalue weighted by Crippen LogP contribution is 2.16. The summed E-state index contributed by atoms with van der Waals surface area (Å²) in [4.78, 5) is 14.3. The summed E-state index contributed by atoms with van der Waals surface area (Å²) in [6, 6.07) is 0.854. The average Bonchev–Trinajstić information content (AvgIpc) is 2.13. The molecule has 0 aliphatic carbocycles. The summed E-state index contributed by atoms with van der Waals surface area (Å²) in [6.07, 6.45) is 1.76. The molecule has 0 spiro atoms. The molecule has 1 heterocycles. The molecule has 0 aliphatic rings. The van der Waals surface area contributed by atoms with Crippen LogP contribution in [0.15, 0.2) is 12.3 Å². The fraction of sp³-hybridized carbons (Fsp3) is 0.333. The lowest BCUT2D eigenvalue weighted by Crippen LogP contribution is -2.09. The Labute approximate surface area is 79.7 Å². The summed E-state index contributed by atoms with van der Waals surface area (Å²) in [5.41, 5.74) is 0. The molecule has 76 valence electrons. The molecule has 0 saturated heterocycles. The summed E-state index contributed by atoms with van der Waals surface area (Å²) in [6.45, 7) is 1.77. The van der Waals surface area contributed by atoms with E-state index in [0.717, 1.165) is 12.3 Å². The van der Waals surface area contributed by atoms with Crippen molar-refractivity contribution in [2.24, 2.45) is 0 Å². The summed E-state index contributed by atoms with van der Waals surface area (Å²) in [5, 5.41) is 0. The van der Waals surface area contributed by atoms with E-state index in [1.165, 1.54) is 0 Å². The smallest absolute Gasteiger partial charge is 0.312 e. The average molecular weight is 201 g/mol. The molecule has 0 N–H and O–H groups in total. The Kier molecular flexibility index (Phi) is 3.50. The predicted octanol–water partition coefficient (Wildman–Crippen LogP) is 2.07. The lowest BCUT2D eigenvalue weighted by molar-refractivity contribution is -0.134. The summed E-state index contributed by atoms with van der Waals surface area (Å²) in [5.74, 6) is -3.55. The Morgan fingerprint density at radius 1 is 1.57 bits per heavy atom. The van der Waals surface area contributed by atoms with Crippen molar-refractivity contribution in [1.29, 1.82) is 0 Å². The van der Waals surface area contributed by atoms with Crippen molar-refractivity contribution >= 4 is 5.97 Å². The molecule has 14 heavy (non-hydrogen) atoms. The number of nitrogens with zero attached hydrogens (tertiary/aromatic N) is 1. The molecule has 0 saturated carbocycles. The Morgan fingerprint density at radius 3 is 2.93 bits per heavy atom. The van der Waals surface area contributed by atoms with Gasteiger partial charge in [-0.15, -0.1) is 0 Å². The highest BCUT2D eigenvalue weighted by molar-refractivity contribution is 5.71. The monoisotopic (exact) mass is 201 g/mol. The Hall–Kier alpha value is -1.52. The molecular weight excluding hydrogens is 192 g/mol. The van der Waals surface area contributed by atoms with Gasteiger partial charge in [0.2, 0.25) is 5.82 Å². The second-order valence-corrected chi connectivity index (χ2v) is 2.64. The van der Waals surface area contributed by atoms with E-state index < -0.39 is 23.5 Å². The molecule has 0 fully saturated rings. The van der Waals surface area contributed by atoms with Gasteiger partial charge in [-0.3, -0.25) is 4.79 Å². The van der Waals surface area contributed by atoms with Crippen LogP contribution in [0.1, 0.15) is 19.8 Å². The predicted molar refractivity (Wildman–Crippen MR) is 44.7 cm³/mol. The van der Waals surface area contributed by atoms with Crippen molar-refractivity contribution in [1.82, 2.24) is 4.98 Å². The van der Waals surface area contributed by atoms with Gasteiger partial charge in [0.05, 0.1) is 0 Å². The van der Waals surface area contributed by atoms with Crippen molar-refractivity contribution < 1.29 is 18.3 Å². The van der Waals surface area contributed by atoms with E-state index in [-0.39, 0.29) is 6.42 Å². The minimum atomic E-state index is -1.24. The third-order valence-corrected chi connectivity index (χ3v) is 1.47. The van der Waals surface area contributed by atoms with Gasteiger partial charge < -0.3 is 4.74 Å². The third-order valence-electron chi connectivity index (χ3n) is 1.47. The van der Waals surface area contributed by atoms with Gasteiger partial charge in [-0.05, 0) is 12.5 Å². The molecule has 3 nitrogen and oxygen atoms in total. The van der Waals surface area contributed by atoms with Gasteiger partial charge in [-0.2, -0.15) is 4.39 Å². The number of esters is 1. The van der Waals surface area contributed by atoms with Gasteiger partial charge in [0.25, 0.3) is 5.88 Å². The van der Waals surface area contributed by atoms with E-state index in [1.807, 2.05) is 0 Å². The lowest BCUT2D eigenvalue weighted by Gasteiger charge is -2.02. The minimum absolute atomic E-state index is 0.150. The Bertz CT molecular complexity index is 342. The fourth-order valence-electron chi connectivity index (χ4n) is 0.837. The van der Waals surface area contributed by atoms with Crippen molar-refractivity contribution in [3.63, 3.8) is 0 Å². The number of hydrogen-bond donors (Lipinski definition) is 0. The third kappa shape index (κ3) is 2.48. The van der Waals surface area contributed by atoms with Crippen LogP contribution in [0.25, 0.3) is 0 Å². The number of rotatable bonds is 3. The number of carbonyl (C=O) groups excluding carboxylic acids is 1. The van der Waals surface area contributed by atoms with Gasteiger partial charge >= 0.3 is 5.97 Å². The number of aromatic nitrogens is 1. The molecule has 0 amide bonds. The number of pyridine rings is 1. The highest BCUT2D eigenvalue weighted by atomic mass is 19.2. The molecule has 0 atom stereocenters. The molecule has 0 aliphatic heterocycles. The van der Waals surface area contributed by atoms with E-state index in [1.54, 1.807) is 6.92 Å². The second-order valence-electron chi connectivity index (χ2n) is 2.64. The van der Waals surface area contributed by atoms with Crippen molar-refractivity contribution in [3.05, 3.63) is 23.9 Å². The first-order chi connectivity index (χ1) is 6.65.